The summed E-state index contributed by atoms with van der Waals surface area (Å²) in [6.45, 7) is 3.36. The molecular weight excluding hydrogens is 303 g/mol. The molecule has 0 aliphatic rings. The molecule has 108 valence electrons. The van der Waals surface area contributed by atoms with E-state index in [9.17, 15) is 21.6 Å². The van der Waals surface area contributed by atoms with Gasteiger partial charge in [-0.05, 0) is 5.92 Å². The molecule has 1 atom stereocenters. The fourth-order valence-electron chi connectivity index (χ4n) is 1.28. The van der Waals surface area contributed by atoms with Crippen LogP contribution in [0.3, 0.4) is 0 Å². The molecule has 19 heavy (non-hydrogen) atoms. The SMILES string of the molecule is CC(C)C(Cl)CNS(=O)(=O)c1c(F)cc(F)cc1F. The van der Waals surface area contributed by atoms with E-state index in [0.29, 0.717) is 12.1 Å². The van der Waals surface area contributed by atoms with E-state index in [0.717, 1.165) is 0 Å². The van der Waals surface area contributed by atoms with Gasteiger partial charge >= 0.3 is 0 Å². The van der Waals surface area contributed by atoms with Crippen LogP contribution in [0.1, 0.15) is 13.8 Å². The van der Waals surface area contributed by atoms with Gasteiger partial charge in [0.1, 0.15) is 17.5 Å². The van der Waals surface area contributed by atoms with Crippen molar-refractivity contribution in [3.05, 3.63) is 29.6 Å². The minimum atomic E-state index is -4.42. The summed E-state index contributed by atoms with van der Waals surface area (Å²) < 4.78 is 64.9. The smallest absolute Gasteiger partial charge is 0.209 e. The maximum atomic E-state index is 13.4. The monoisotopic (exact) mass is 315 g/mol. The van der Waals surface area contributed by atoms with Crippen LogP contribution in [0.25, 0.3) is 0 Å². The molecule has 0 aromatic heterocycles. The molecule has 0 amide bonds. The molecule has 1 aromatic carbocycles. The van der Waals surface area contributed by atoms with Crippen LogP contribution in [-0.4, -0.2) is 20.3 Å². The van der Waals surface area contributed by atoms with Gasteiger partial charge in [-0.2, -0.15) is 0 Å². The molecule has 0 aliphatic heterocycles. The summed E-state index contributed by atoms with van der Waals surface area (Å²) in [6.07, 6.45) is 0. The van der Waals surface area contributed by atoms with Crippen LogP contribution in [0, 0.1) is 23.4 Å². The molecule has 1 N–H and O–H groups in total. The van der Waals surface area contributed by atoms with Crippen LogP contribution in [0.4, 0.5) is 13.2 Å². The standard InChI is InChI=1S/C11H13ClF3NO2S/c1-6(2)8(12)5-16-19(17,18)11-9(14)3-7(13)4-10(11)15/h3-4,6,8,16H,5H2,1-2H3. The second-order valence-corrected chi connectivity index (χ2v) is 6.57. The van der Waals surface area contributed by atoms with Crippen molar-refractivity contribution in [1.82, 2.24) is 4.72 Å². The lowest BCUT2D eigenvalue weighted by Crippen LogP contribution is -2.33. The molecule has 8 heteroatoms. The minimum absolute atomic E-state index is 0.0210. The fraction of sp³-hybridized carbons (Fsp3) is 0.455. The van der Waals surface area contributed by atoms with Crippen molar-refractivity contribution in [2.24, 2.45) is 5.92 Å². The summed E-state index contributed by atoms with van der Waals surface area (Å²) in [7, 11) is -4.42. The summed E-state index contributed by atoms with van der Waals surface area (Å²) in [5, 5.41) is -0.527. The predicted octanol–water partition coefficient (Wildman–Crippen LogP) is 2.65. The van der Waals surface area contributed by atoms with Gasteiger partial charge in [0.2, 0.25) is 10.0 Å². The Kier molecular flexibility index (Phi) is 5.23. The van der Waals surface area contributed by atoms with Crippen molar-refractivity contribution in [3.8, 4) is 0 Å². The third-order valence-corrected chi connectivity index (χ3v) is 4.56. The van der Waals surface area contributed by atoms with Crippen LogP contribution in [0.15, 0.2) is 17.0 Å². The molecular formula is C11H13ClF3NO2S. The number of sulfonamides is 1. The number of alkyl halides is 1. The summed E-state index contributed by atoms with van der Waals surface area (Å²) in [6, 6.07) is 0.608. The average Bonchev–Trinajstić information content (AvgIpc) is 2.23. The summed E-state index contributed by atoms with van der Waals surface area (Å²) in [5.74, 6) is -4.18. The number of hydrogen-bond donors (Lipinski definition) is 1. The lowest BCUT2D eigenvalue weighted by Gasteiger charge is -2.14. The van der Waals surface area contributed by atoms with Crippen molar-refractivity contribution >= 4 is 21.6 Å². The molecule has 0 fully saturated rings. The molecule has 1 unspecified atom stereocenters. The van der Waals surface area contributed by atoms with Crippen LogP contribution in [0.5, 0.6) is 0 Å². The molecule has 1 rings (SSSR count). The zero-order valence-electron chi connectivity index (χ0n) is 10.3. The molecule has 0 radical (unpaired) electrons. The normalized spacial score (nSPS) is 13.8. The van der Waals surface area contributed by atoms with Crippen LogP contribution in [-0.2, 0) is 10.0 Å². The topological polar surface area (TPSA) is 46.2 Å². The first-order chi connectivity index (χ1) is 8.65. The lowest BCUT2D eigenvalue weighted by atomic mass is 10.1. The quantitative estimate of drug-likeness (QED) is 0.849. The molecule has 0 spiro atoms. The van der Waals surface area contributed by atoms with Crippen LogP contribution >= 0.6 is 11.6 Å². The third-order valence-electron chi connectivity index (χ3n) is 2.42. The van der Waals surface area contributed by atoms with Crippen molar-refractivity contribution in [2.45, 2.75) is 24.1 Å². The lowest BCUT2D eigenvalue weighted by molar-refractivity contribution is 0.492. The van der Waals surface area contributed by atoms with Crippen LogP contribution in [0.2, 0.25) is 0 Å². The summed E-state index contributed by atoms with van der Waals surface area (Å²) >= 11 is 5.84. The van der Waals surface area contributed by atoms with Gasteiger partial charge in [0.15, 0.2) is 4.90 Å². The van der Waals surface area contributed by atoms with E-state index < -0.39 is 37.7 Å². The number of halogens is 4. The molecule has 0 saturated heterocycles. The molecule has 0 heterocycles. The third kappa shape index (κ3) is 4.09. The zero-order valence-corrected chi connectivity index (χ0v) is 11.8. The molecule has 0 aliphatic carbocycles. The average molecular weight is 316 g/mol. The summed E-state index contributed by atoms with van der Waals surface area (Å²) in [4.78, 5) is -1.21. The molecule has 1 aromatic rings. The molecule has 3 nitrogen and oxygen atoms in total. The largest absolute Gasteiger partial charge is 0.246 e. The fourth-order valence-corrected chi connectivity index (χ4v) is 2.63. The Morgan fingerprint density at radius 1 is 1.21 bits per heavy atom. The van der Waals surface area contributed by atoms with Crippen molar-refractivity contribution < 1.29 is 21.6 Å². The van der Waals surface area contributed by atoms with Crippen molar-refractivity contribution in [2.75, 3.05) is 6.54 Å². The first-order valence-electron chi connectivity index (χ1n) is 5.43. The van der Waals surface area contributed by atoms with Gasteiger partial charge in [0.25, 0.3) is 0 Å². The number of benzene rings is 1. The Morgan fingerprint density at radius 2 is 1.68 bits per heavy atom. The van der Waals surface area contributed by atoms with Crippen molar-refractivity contribution in [1.29, 1.82) is 0 Å². The Labute approximate surface area is 114 Å². The highest BCUT2D eigenvalue weighted by atomic mass is 35.5. The van der Waals surface area contributed by atoms with E-state index >= 15 is 0 Å². The van der Waals surface area contributed by atoms with E-state index in [1.165, 1.54) is 0 Å². The first kappa shape index (κ1) is 16.3. The van der Waals surface area contributed by atoms with E-state index in [1.807, 2.05) is 4.72 Å². The van der Waals surface area contributed by atoms with Gasteiger partial charge in [-0.15, -0.1) is 11.6 Å². The van der Waals surface area contributed by atoms with Crippen LogP contribution < -0.4 is 4.72 Å². The van der Waals surface area contributed by atoms with Gasteiger partial charge in [-0.25, -0.2) is 26.3 Å². The predicted molar refractivity (Wildman–Crippen MR) is 66.0 cm³/mol. The first-order valence-corrected chi connectivity index (χ1v) is 7.35. The van der Waals surface area contributed by atoms with E-state index in [-0.39, 0.29) is 12.5 Å². The van der Waals surface area contributed by atoms with Gasteiger partial charge in [0, 0.05) is 24.1 Å². The summed E-state index contributed by atoms with van der Waals surface area (Å²) in [5.41, 5.74) is 0. The Hall–Kier alpha value is -0.790. The highest BCUT2D eigenvalue weighted by Crippen LogP contribution is 2.20. The van der Waals surface area contributed by atoms with Gasteiger partial charge < -0.3 is 0 Å². The molecule has 0 bridgehead atoms. The highest BCUT2D eigenvalue weighted by molar-refractivity contribution is 7.89. The van der Waals surface area contributed by atoms with Gasteiger partial charge in [-0.3, -0.25) is 0 Å². The van der Waals surface area contributed by atoms with E-state index in [1.54, 1.807) is 13.8 Å². The zero-order chi connectivity index (χ0) is 14.8. The van der Waals surface area contributed by atoms with Gasteiger partial charge in [0.05, 0.1) is 0 Å². The highest BCUT2D eigenvalue weighted by Gasteiger charge is 2.26. The second-order valence-electron chi connectivity index (χ2n) is 4.31. The van der Waals surface area contributed by atoms with Crippen molar-refractivity contribution in [3.63, 3.8) is 0 Å². The minimum Gasteiger partial charge on any atom is -0.209 e. The maximum Gasteiger partial charge on any atom is 0.246 e. The molecule has 0 saturated carbocycles. The Morgan fingerprint density at radius 3 is 2.11 bits per heavy atom. The second kappa shape index (κ2) is 6.11. The van der Waals surface area contributed by atoms with E-state index in [4.69, 9.17) is 11.6 Å². The Bertz CT molecular complexity index is 540. The van der Waals surface area contributed by atoms with Gasteiger partial charge in [-0.1, -0.05) is 13.8 Å². The number of nitrogens with one attached hydrogen (secondary N) is 1. The Balaban J connectivity index is 3.02. The maximum absolute atomic E-state index is 13.4. The van der Waals surface area contributed by atoms with E-state index in [2.05, 4.69) is 0 Å². The number of hydrogen-bond acceptors (Lipinski definition) is 2. The number of rotatable bonds is 5.